The molecule has 0 spiro atoms. The van der Waals surface area contributed by atoms with Crippen LogP contribution in [-0.4, -0.2) is 5.78 Å². The molecule has 1 aromatic carbocycles. The highest BCUT2D eigenvalue weighted by atomic mass is 79.9. The minimum absolute atomic E-state index is 0.0803. The Morgan fingerprint density at radius 1 is 1.46 bits per heavy atom. The van der Waals surface area contributed by atoms with E-state index in [1.807, 2.05) is 6.07 Å². The second-order valence-corrected chi connectivity index (χ2v) is 3.70. The number of benzene rings is 1. The topological polar surface area (TPSA) is 17.1 Å². The quantitative estimate of drug-likeness (QED) is 0.799. The Hall–Kier alpha value is -0.700. The lowest BCUT2D eigenvalue weighted by Crippen LogP contribution is -1.98. The van der Waals surface area contributed by atoms with Gasteiger partial charge in [-0.25, -0.2) is 4.39 Å². The maximum Gasteiger partial charge on any atom is 0.134 e. The average Bonchev–Trinajstić information content (AvgIpc) is 2.08. The first kappa shape index (κ1) is 10.4. The van der Waals surface area contributed by atoms with Crippen LogP contribution in [0.3, 0.4) is 0 Å². The van der Waals surface area contributed by atoms with E-state index in [0.717, 1.165) is 5.56 Å². The molecule has 1 nitrogen and oxygen atoms in total. The first-order valence-corrected chi connectivity index (χ1v) is 4.76. The van der Waals surface area contributed by atoms with Gasteiger partial charge < -0.3 is 0 Å². The van der Waals surface area contributed by atoms with Crippen molar-refractivity contribution in [3.05, 3.63) is 33.8 Å². The second kappa shape index (κ2) is 4.51. The predicted octanol–water partition coefficient (Wildman–Crippen LogP) is 3.05. The molecule has 0 saturated heterocycles. The van der Waals surface area contributed by atoms with Crippen LogP contribution in [0.5, 0.6) is 0 Å². The average molecular weight is 245 g/mol. The summed E-state index contributed by atoms with van der Waals surface area (Å²) in [4.78, 5) is 10.9. The third kappa shape index (κ3) is 2.62. The van der Waals surface area contributed by atoms with Crippen LogP contribution in [0, 0.1) is 0 Å². The van der Waals surface area contributed by atoms with Crippen LogP contribution in [-0.2, 0) is 17.9 Å². The van der Waals surface area contributed by atoms with Gasteiger partial charge in [-0.05, 0) is 18.1 Å². The fraction of sp³-hybridized carbons (Fsp3) is 0.300. The van der Waals surface area contributed by atoms with Crippen LogP contribution >= 0.6 is 15.9 Å². The molecule has 3 heteroatoms. The third-order valence-electron chi connectivity index (χ3n) is 1.74. The minimum atomic E-state index is -0.508. The summed E-state index contributed by atoms with van der Waals surface area (Å²) < 4.78 is 13.1. The van der Waals surface area contributed by atoms with Gasteiger partial charge in [0.05, 0.1) is 0 Å². The standard InChI is InChI=1S/C10H10BrFO/c1-7(13)5-8-3-2-4-9(6-12)10(8)11/h2-4H,5-6H2,1H3. The van der Waals surface area contributed by atoms with E-state index < -0.39 is 6.67 Å². The zero-order valence-electron chi connectivity index (χ0n) is 7.31. The monoisotopic (exact) mass is 244 g/mol. The van der Waals surface area contributed by atoms with Gasteiger partial charge >= 0.3 is 0 Å². The van der Waals surface area contributed by atoms with Crippen molar-refractivity contribution in [2.24, 2.45) is 0 Å². The van der Waals surface area contributed by atoms with E-state index in [1.165, 1.54) is 6.92 Å². The number of alkyl halides is 1. The molecule has 1 aromatic rings. The Kier molecular flexibility index (Phi) is 3.60. The summed E-state index contributed by atoms with van der Waals surface area (Å²) in [5.74, 6) is 0.0803. The van der Waals surface area contributed by atoms with Crippen LogP contribution < -0.4 is 0 Å². The van der Waals surface area contributed by atoms with Crippen LogP contribution in [0.25, 0.3) is 0 Å². The highest BCUT2D eigenvalue weighted by Gasteiger charge is 2.06. The molecule has 0 bridgehead atoms. The zero-order valence-corrected chi connectivity index (χ0v) is 8.90. The fourth-order valence-electron chi connectivity index (χ4n) is 1.14. The molecule has 0 N–H and O–H groups in total. The van der Waals surface area contributed by atoms with E-state index in [-0.39, 0.29) is 5.78 Å². The minimum Gasteiger partial charge on any atom is -0.300 e. The summed E-state index contributed by atoms with van der Waals surface area (Å²) in [6, 6.07) is 5.29. The van der Waals surface area contributed by atoms with E-state index >= 15 is 0 Å². The van der Waals surface area contributed by atoms with Crippen LogP contribution in [0.2, 0.25) is 0 Å². The summed E-state index contributed by atoms with van der Waals surface area (Å²) >= 11 is 3.28. The number of ketones is 1. The molecule has 0 radical (unpaired) electrons. The van der Waals surface area contributed by atoms with Crippen molar-refractivity contribution in [3.8, 4) is 0 Å². The van der Waals surface area contributed by atoms with Gasteiger partial charge in [0, 0.05) is 10.9 Å². The summed E-state index contributed by atoms with van der Waals surface area (Å²) in [6.07, 6.45) is 0.356. The normalized spacial score (nSPS) is 10.1. The molecule has 0 aliphatic heterocycles. The van der Waals surface area contributed by atoms with Gasteiger partial charge in [0.25, 0.3) is 0 Å². The number of Topliss-reactive ketones (excluding diaryl/α,β-unsaturated/α-hetero) is 1. The van der Waals surface area contributed by atoms with E-state index in [2.05, 4.69) is 15.9 Å². The maximum atomic E-state index is 12.4. The highest BCUT2D eigenvalue weighted by Crippen LogP contribution is 2.23. The summed E-state index contributed by atoms with van der Waals surface area (Å²) in [6.45, 7) is 1.01. The van der Waals surface area contributed by atoms with Crippen molar-refractivity contribution in [1.82, 2.24) is 0 Å². The van der Waals surface area contributed by atoms with E-state index in [1.54, 1.807) is 12.1 Å². The van der Waals surface area contributed by atoms with Crippen molar-refractivity contribution in [1.29, 1.82) is 0 Å². The lowest BCUT2D eigenvalue weighted by molar-refractivity contribution is -0.116. The van der Waals surface area contributed by atoms with Crippen LogP contribution in [0.4, 0.5) is 4.39 Å². The number of carbonyl (C=O) groups is 1. The summed E-state index contributed by atoms with van der Waals surface area (Å²) in [5, 5.41) is 0. The van der Waals surface area contributed by atoms with Crippen LogP contribution in [0.1, 0.15) is 18.1 Å². The fourth-order valence-corrected chi connectivity index (χ4v) is 1.65. The Balaban J connectivity index is 3.01. The van der Waals surface area contributed by atoms with E-state index in [9.17, 15) is 9.18 Å². The molecule has 0 unspecified atom stereocenters. The zero-order chi connectivity index (χ0) is 9.84. The molecular weight excluding hydrogens is 235 g/mol. The first-order valence-electron chi connectivity index (χ1n) is 3.97. The number of hydrogen-bond donors (Lipinski definition) is 0. The maximum absolute atomic E-state index is 12.4. The summed E-state index contributed by atoms with van der Waals surface area (Å²) in [7, 11) is 0. The largest absolute Gasteiger partial charge is 0.300 e. The predicted molar refractivity (Wildman–Crippen MR) is 53.3 cm³/mol. The van der Waals surface area contributed by atoms with Crippen molar-refractivity contribution < 1.29 is 9.18 Å². The first-order chi connectivity index (χ1) is 6.15. The van der Waals surface area contributed by atoms with Gasteiger partial charge in [-0.15, -0.1) is 0 Å². The second-order valence-electron chi connectivity index (χ2n) is 2.90. The van der Waals surface area contributed by atoms with Crippen molar-refractivity contribution >= 4 is 21.7 Å². The van der Waals surface area contributed by atoms with Crippen molar-refractivity contribution in [2.45, 2.75) is 20.0 Å². The van der Waals surface area contributed by atoms with E-state index in [0.29, 0.717) is 16.5 Å². The van der Waals surface area contributed by atoms with Gasteiger partial charge in [0.2, 0.25) is 0 Å². The Morgan fingerprint density at radius 3 is 2.62 bits per heavy atom. The van der Waals surface area contributed by atoms with Crippen molar-refractivity contribution in [3.63, 3.8) is 0 Å². The molecule has 70 valence electrons. The van der Waals surface area contributed by atoms with Crippen LogP contribution in [0.15, 0.2) is 22.7 Å². The highest BCUT2D eigenvalue weighted by molar-refractivity contribution is 9.10. The lowest BCUT2D eigenvalue weighted by atomic mass is 10.1. The molecule has 0 aliphatic carbocycles. The number of halogens is 2. The Bertz CT molecular complexity index is 323. The number of carbonyl (C=O) groups excluding carboxylic acids is 1. The van der Waals surface area contributed by atoms with Gasteiger partial charge in [0.1, 0.15) is 12.5 Å². The molecule has 0 amide bonds. The molecule has 0 atom stereocenters. The van der Waals surface area contributed by atoms with Gasteiger partial charge in [-0.3, -0.25) is 4.79 Å². The summed E-state index contributed by atoms with van der Waals surface area (Å²) in [5.41, 5.74) is 1.45. The molecule has 0 heterocycles. The number of hydrogen-bond acceptors (Lipinski definition) is 1. The van der Waals surface area contributed by atoms with Gasteiger partial charge in [-0.2, -0.15) is 0 Å². The molecule has 13 heavy (non-hydrogen) atoms. The molecule has 0 aliphatic rings. The molecule has 1 rings (SSSR count). The SMILES string of the molecule is CC(=O)Cc1cccc(CF)c1Br. The molecular formula is C10H10BrFO. The Morgan fingerprint density at radius 2 is 2.08 bits per heavy atom. The molecule has 0 aromatic heterocycles. The van der Waals surface area contributed by atoms with Crippen molar-refractivity contribution in [2.75, 3.05) is 0 Å². The Labute approximate surface area is 85.1 Å². The lowest BCUT2D eigenvalue weighted by Gasteiger charge is -2.05. The van der Waals surface area contributed by atoms with Gasteiger partial charge in [0.15, 0.2) is 0 Å². The number of rotatable bonds is 3. The van der Waals surface area contributed by atoms with Gasteiger partial charge in [-0.1, -0.05) is 34.1 Å². The third-order valence-corrected chi connectivity index (χ3v) is 2.76. The van der Waals surface area contributed by atoms with E-state index in [4.69, 9.17) is 0 Å². The molecule has 0 saturated carbocycles. The molecule has 0 fully saturated rings. The smallest absolute Gasteiger partial charge is 0.134 e.